The molecule has 1 atom stereocenters. The molecule has 2 aromatic carbocycles. The van der Waals surface area contributed by atoms with Crippen molar-refractivity contribution < 1.29 is 9.66 Å². The lowest BCUT2D eigenvalue weighted by molar-refractivity contribution is -0.385. The number of nitro benzene ring substituents is 1. The summed E-state index contributed by atoms with van der Waals surface area (Å²) in [7, 11) is 0. The van der Waals surface area contributed by atoms with E-state index in [1.807, 2.05) is 24.3 Å². The van der Waals surface area contributed by atoms with Gasteiger partial charge in [0, 0.05) is 28.9 Å². The van der Waals surface area contributed by atoms with E-state index < -0.39 is 6.23 Å². The van der Waals surface area contributed by atoms with E-state index in [1.165, 1.54) is 6.07 Å². The Hall–Kier alpha value is -2.40. The summed E-state index contributed by atoms with van der Waals surface area (Å²) in [6.45, 7) is 4.21. The Bertz CT molecular complexity index is 726. The molecule has 3 rings (SSSR count). The Morgan fingerprint density at radius 1 is 1.17 bits per heavy atom. The number of rotatable bonds is 4. The zero-order valence-electron chi connectivity index (χ0n) is 13.3. The summed E-state index contributed by atoms with van der Waals surface area (Å²) in [4.78, 5) is 10.6. The molecule has 0 saturated heterocycles. The van der Waals surface area contributed by atoms with E-state index in [2.05, 4.69) is 25.2 Å². The van der Waals surface area contributed by atoms with E-state index in [-0.39, 0.29) is 16.2 Å². The normalized spacial score (nSPS) is 18.8. The third kappa shape index (κ3) is 2.68. The Labute approximate surface area is 135 Å². The second-order valence-electron chi connectivity index (χ2n) is 5.74. The van der Waals surface area contributed by atoms with E-state index in [9.17, 15) is 10.1 Å². The van der Waals surface area contributed by atoms with Crippen molar-refractivity contribution in [2.45, 2.75) is 38.5 Å². The SMILES string of the molecule is CCC1(CC)O[C@H](c2cccc([N+](=O)[O-])c2)Nc2ccccc21. The molecule has 0 radical (unpaired) electrons. The van der Waals surface area contributed by atoms with E-state index in [0.717, 1.165) is 29.7 Å². The molecule has 0 saturated carbocycles. The number of ether oxygens (including phenoxy) is 1. The maximum Gasteiger partial charge on any atom is 0.269 e. The lowest BCUT2D eigenvalue weighted by atomic mass is 9.85. The average Bonchev–Trinajstić information content (AvgIpc) is 2.60. The van der Waals surface area contributed by atoms with Gasteiger partial charge in [-0.3, -0.25) is 10.1 Å². The number of para-hydroxylation sites is 1. The van der Waals surface area contributed by atoms with Gasteiger partial charge in [0.1, 0.15) is 0 Å². The Balaban J connectivity index is 2.04. The number of hydrogen-bond acceptors (Lipinski definition) is 4. The molecule has 0 unspecified atom stereocenters. The number of fused-ring (bicyclic) bond motifs is 1. The highest BCUT2D eigenvalue weighted by atomic mass is 16.6. The quantitative estimate of drug-likeness (QED) is 0.653. The molecule has 0 fully saturated rings. The van der Waals surface area contributed by atoms with Crippen molar-refractivity contribution in [1.29, 1.82) is 0 Å². The summed E-state index contributed by atoms with van der Waals surface area (Å²) in [5.74, 6) is 0. The number of hydrogen-bond donors (Lipinski definition) is 1. The maximum absolute atomic E-state index is 11.0. The summed E-state index contributed by atoms with van der Waals surface area (Å²) >= 11 is 0. The van der Waals surface area contributed by atoms with Gasteiger partial charge in [0.05, 0.1) is 10.5 Å². The third-order valence-corrected chi connectivity index (χ3v) is 4.57. The molecule has 1 heterocycles. The zero-order chi connectivity index (χ0) is 16.4. The van der Waals surface area contributed by atoms with Crippen LogP contribution in [-0.4, -0.2) is 4.92 Å². The number of nitro groups is 1. The van der Waals surface area contributed by atoms with Crippen LogP contribution in [0.4, 0.5) is 11.4 Å². The van der Waals surface area contributed by atoms with Crippen LogP contribution in [-0.2, 0) is 10.3 Å². The summed E-state index contributed by atoms with van der Waals surface area (Å²) in [6.07, 6.45) is 1.28. The molecule has 0 aliphatic carbocycles. The van der Waals surface area contributed by atoms with Crippen molar-refractivity contribution >= 4 is 11.4 Å². The third-order valence-electron chi connectivity index (χ3n) is 4.57. The highest BCUT2D eigenvalue weighted by Gasteiger charge is 2.39. The van der Waals surface area contributed by atoms with Crippen molar-refractivity contribution in [3.8, 4) is 0 Å². The molecule has 1 N–H and O–H groups in total. The minimum absolute atomic E-state index is 0.0744. The topological polar surface area (TPSA) is 64.4 Å². The van der Waals surface area contributed by atoms with Crippen LogP contribution < -0.4 is 5.32 Å². The molecule has 1 aliphatic heterocycles. The summed E-state index contributed by atoms with van der Waals surface area (Å²) < 4.78 is 6.39. The monoisotopic (exact) mass is 312 g/mol. The van der Waals surface area contributed by atoms with Crippen LogP contribution in [0.25, 0.3) is 0 Å². The van der Waals surface area contributed by atoms with Crippen molar-refractivity contribution in [2.24, 2.45) is 0 Å². The predicted molar refractivity (Wildman–Crippen MR) is 89.2 cm³/mol. The van der Waals surface area contributed by atoms with Gasteiger partial charge in [0.25, 0.3) is 5.69 Å². The lowest BCUT2D eigenvalue weighted by Gasteiger charge is -2.42. The Morgan fingerprint density at radius 2 is 1.91 bits per heavy atom. The molecule has 5 nitrogen and oxygen atoms in total. The van der Waals surface area contributed by atoms with Crippen LogP contribution >= 0.6 is 0 Å². The predicted octanol–water partition coefficient (Wildman–Crippen LogP) is 4.75. The van der Waals surface area contributed by atoms with Gasteiger partial charge in [-0.1, -0.05) is 44.2 Å². The van der Waals surface area contributed by atoms with Gasteiger partial charge in [-0.05, 0) is 18.9 Å². The molecule has 23 heavy (non-hydrogen) atoms. The van der Waals surface area contributed by atoms with Gasteiger partial charge >= 0.3 is 0 Å². The number of benzene rings is 2. The first-order valence-corrected chi connectivity index (χ1v) is 7.88. The minimum Gasteiger partial charge on any atom is -0.356 e. The molecule has 5 heteroatoms. The Kier molecular flexibility index (Phi) is 4.05. The molecule has 0 amide bonds. The highest BCUT2D eigenvalue weighted by Crippen LogP contribution is 2.46. The molecular weight excluding hydrogens is 292 g/mol. The van der Waals surface area contributed by atoms with Gasteiger partial charge < -0.3 is 10.1 Å². The molecular formula is C18H20N2O3. The molecule has 2 aromatic rings. The van der Waals surface area contributed by atoms with Gasteiger partial charge in [0.2, 0.25) is 0 Å². The van der Waals surface area contributed by atoms with Gasteiger partial charge in [-0.15, -0.1) is 0 Å². The van der Waals surface area contributed by atoms with Crippen LogP contribution in [0.2, 0.25) is 0 Å². The van der Waals surface area contributed by atoms with Gasteiger partial charge in [-0.25, -0.2) is 0 Å². The summed E-state index contributed by atoms with van der Waals surface area (Å²) in [6, 6.07) is 14.7. The standard InChI is InChI=1S/C18H20N2O3/c1-3-18(4-2)15-10-5-6-11-16(15)19-17(23-18)13-8-7-9-14(12-13)20(21)22/h5-12,17,19H,3-4H2,1-2H3/t17-/m1/s1. The lowest BCUT2D eigenvalue weighted by Crippen LogP contribution is -2.37. The van der Waals surface area contributed by atoms with Crippen molar-refractivity contribution in [1.82, 2.24) is 0 Å². The Morgan fingerprint density at radius 3 is 2.61 bits per heavy atom. The fraction of sp³-hybridized carbons (Fsp3) is 0.333. The maximum atomic E-state index is 11.0. The van der Waals surface area contributed by atoms with E-state index in [1.54, 1.807) is 12.1 Å². The summed E-state index contributed by atoms with van der Waals surface area (Å²) in [5, 5.41) is 14.4. The van der Waals surface area contributed by atoms with Crippen LogP contribution in [0.3, 0.4) is 0 Å². The molecule has 0 aromatic heterocycles. The smallest absolute Gasteiger partial charge is 0.269 e. The zero-order valence-corrected chi connectivity index (χ0v) is 13.3. The van der Waals surface area contributed by atoms with E-state index in [0.29, 0.717) is 0 Å². The highest BCUT2D eigenvalue weighted by molar-refractivity contribution is 5.57. The number of anilines is 1. The van der Waals surface area contributed by atoms with Gasteiger partial charge in [-0.2, -0.15) is 0 Å². The molecule has 0 bridgehead atoms. The van der Waals surface area contributed by atoms with Crippen molar-refractivity contribution in [3.63, 3.8) is 0 Å². The average molecular weight is 312 g/mol. The van der Waals surface area contributed by atoms with Crippen molar-refractivity contribution in [2.75, 3.05) is 5.32 Å². The molecule has 0 spiro atoms. The first-order valence-electron chi connectivity index (χ1n) is 7.88. The number of non-ortho nitro benzene ring substituents is 1. The second kappa shape index (κ2) is 6.01. The fourth-order valence-electron chi connectivity index (χ4n) is 3.22. The first-order chi connectivity index (χ1) is 11.1. The number of nitrogens with one attached hydrogen (secondary N) is 1. The van der Waals surface area contributed by atoms with E-state index in [4.69, 9.17) is 4.74 Å². The summed E-state index contributed by atoms with van der Waals surface area (Å²) in [5.41, 5.74) is 2.63. The van der Waals surface area contributed by atoms with Crippen LogP contribution in [0, 0.1) is 10.1 Å². The minimum atomic E-state index is -0.398. The second-order valence-corrected chi connectivity index (χ2v) is 5.74. The van der Waals surface area contributed by atoms with Crippen LogP contribution in [0.1, 0.15) is 44.0 Å². The van der Waals surface area contributed by atoms with Crippen molar-refractivity contribution in [3.05, 3.63) is 69.8 Å². The van der Waals surface area contributed by atoms with Gasteiger partial charge in [0.15, 0.2) is 6.23 Å². The number of nitrogens with zero attached hydrogens (tertiary/aromatic N) is 1. The molecule has 1 aliphatic rings. The van der Waals surface area contributed by atoms with Crippen LogP contribution in [0.15, 0.2) is 48.5 Å². The molecule has 120 valence electrons. The largest absolute Gasteiger partial charge is 0.356 e. The van der Waals surface area contributed by atoms with Crippen LogP contribution in [0.5, 0.6) is 0 Å². The fourth-order valence-corrected chi connectivity index (χ4v) is 3.22. The first kappa shape index (κ1) is 15.5. The van der Waals surface area contributed by atoms with E-state index >= 15 is 0 Å².